The van der Waals surface area contributed by atoms with Gasteiger partial charge in [-0.2, -0.15) is 0 Å². The minimum absolute atomic E-state index is 0.119. The first-order valence-electron chi connectivity index (χ1n) is 8.75. The molecule has 1 aromatic rings. The lowest BCUT2D eigenvalue weighted by molar-refractivity contribution is -0.140. The van der Waals surface area contributed by atoms with Crippen LogP contribution in [0.25, 0.3) is 11.3 Å². The van der Waals surface area contributed by atoms with Crippen LogP contribution in [-0.2, 0) is 23.9 Å². The van der Waals surface area contributed by atoms with Crippen molar-refractivity contribution in [1.82, 2.24) is 0 Å². The smallest absolute Gasteiger partial charge is 0.342 e. The van der Waals surface area contributed by atoms with E-state index < -0.39 is 11.8 Å². The number of carbonyl (C=O) groups excluding carboxylic acids is 3. The molecular formula is C21H22O5. The SMILES string of the molecule is CCOC(=O)/C(C(C)=O)=C1/C(=O)C2=C(OC(C)(C)CC2)c2ccccc21. The summed E-state index contributed by atoms with van der Waals surface area (Å²) in [6.07, 6.45) is 1.22. The Hall–Kier alpha value is -2.69. The van der Waals surface area contributed by atoms with Crippen LogP contribution in [0.5, 0.6) is 0 Å². The number of carbonyl (C=O) groups is 3. The fourth-order valence-corrected chi connectivity index (χ4v) is 3.41. The van der Waals surface area contributed by atoms with Gasteiger partial charge >= 0.3 is 5.97 Å². The summed E-state index contributed by atoms with van der Waals surface area (Å²) in [5.41, 5.74) is 1.33. The number of esters is 1. The summed E-state index contributed by atoms with van der Waals surface area (Å²) >= 11 is 0. The lowest BCUT2D eigenvalue weighted by Gasteiger charge is -2.37. The van der Waals surface area contributed by atoms with E-state index in [-0.39, 0.29) is 29.1 Å². The summed E-state index contributed by atoms with van der Waals surface area (Å²) in [7, 11) is 0. The maximum absolute atomic E-state index is 13.2. The molecule has 136 valence electrons. The molecule has 0 saturated carbocycles. The Morgan fingerprint density at radius 1 is 1.19 bits per heavy atom. The van der Waals surface area contributed by atoms with E-state index in [1.54, 1.807) is 19.1 Å². The fourth-order valence-electron chi connectivity index (χ4n) is 3.41. The predicted octanol–water partition coefficient (Wildman–Crippen LogP) is 3.48. The van der Waals surface area contributed by atoms with Gasteiger partial charge in [0.25, 0.3) is 0 Å². The molecule has 0 N–H and O–H groups in total. The van der Waals surface area contributed by atoms with Crippen LogP contribution in [0.15, 0.2) is 35.4 Å². The average Bonchev–Trinajstić information content (AvgIpc) is 2.57. The molecule has 1 aliphatic carbocycles. The zero-order chi connectivity index (χ0) is 19.1. The number of Topliss-reactive ketones (excluding diaryl/α,β-unsaturated/α-hetero) is 2. The Labute approximate surface area is 152 Å². The van der Waals surface area contributed by atoms with Crippen molar-refractivity contribution in [3.63, 3.8) is 0 Å². The minimum Gasteiger partial charge on any atom is -0.487 e. The van der Waals surface area contributed by atoms with E-state index in [9.17, 15) is 14.4 Å². The number of allylic oxidation sites excluding steroid dienone is 2. The van der Waals surface area contributed by atoms with Crippen LogP contribution in [0.1, 0.15) is 51.7 Å². The topological polar surface area (TPSA) is 69.7 Å². The maximum Gasteiger partial charge on any atom is 0.342 e. The van der Waals surface area contributed by atoms with Crippen LogP contribution in [0.3, 0.4) is 0 Å². The molecule has 1 aromatic carbocycles. The molecule has 0 bridgehead atoms. The number of fused-ring (bicyclic) bond motifs is 2. The summed E-state index contributed by atoms with van der Waals surface area (Å²) < 4.78 is 11.1. The van der Waals surface area contributed by atoms with Crippen LogP contribution in [0.4, 0.5) is 0 Å². The minimum atomic E-state index is -0.765. The molecule has 1 aliphatic heterocycles. The number of ketones is 2. The predicted molar refractivity (Wildman–Crippen MR) is 97.0 cm³/mol. The molecule has 5 nitrogen and oxygen atoms in total. The Kier molecular flexibility index (Phi) is 4.57. The monoisotopic (exact) mass is 354 g/mol. The van der Waals surface area contributed by atoms with Gasteiger partial charge in [0.2, 0.25) is 0 Å². The van der Waals surface area contributed by atoms with Gasteiger partial charge in [0, 0.05) is 16.7 Å². The van der Waals surface area contributed by atoms with Crippen molar-refractivity contribution in [1.29, 1.82) is 0 Å². The van der Waals surface area contributed by atoms with E-state index in [0.29, 0.717) is 29.7 Å². The number of ether oxygens (including phenoxy) is 2. The quantitative estimate of drug-likeness (QED) is 0.360. The number of hydrogen-bond acceptors (Lipinski definition) is 5. The van der Waals surface area contributed by atoms with Crippen molar-refractivity contribution in [2.45, 2.75) is 46.1 Å². The van der Waals surface area contributed by atoms with Gasteiger partial charge in [-0.25, -0.2) is 4.79 Å². The van der Waals surface area contributed by atoms with E-state index >= 15 is 0 Å². The molecular weight excluding hydrogens is 332 g/mol. The lowest BCUT2D eigenvalue weighted by Crippen LogP contribution is -2.33. The summed E-state index contributed by atoms with van der Waals surface area (Å²) in [5, 5.41) is 0. The number of rotatable bonds is 3. The Morgan fingerprint density at radius 3 is 2.46 bits per heavy atom. The van der Waals surface area contributed by atoms with Crippen LogP contribution >= 0.6 is 0 Å². The van der Waals surface area contributed by atoms with E-state index in [1.165, 1.54) is 6.92 Å². The Bertz CT molecular complexity index is 870. The standard InChI is InChI=1S/C21H22O5/c1-5-25-20(24)16(12(2)22)17-13-8-6-7-9-14(13)19-15(18(17)23)10-11-21(3,4)26-19/h6-9H,5,10-11H2,1-4H3/b17-16+. The van der Waals surface area contributed by atoms with Gasteiger partial charge in [0.15, 0.2) is 11.6 Å². The van der Waals surface area contributed by atoms with Gasteiger partial charge in [-0.15, -0.1) is 0 Å². The van der Waals surface area contributed by atoms with Crippen molar-refractivity contribution >= 4 is 28.9 Å². The van der Waals surface area contributed by atoms with Crippen LogP contribution < -0.4 is 0 Å². The van der Waals surface area contributed by atoms with Crippen molar-refractivity contribution in [2.24, 2.45) is 0 Å². The van der Waals surface area contributed by atoms with Gasteiger partial charge in [-0.05, 0) is 46.1 Å². The molecule has 0 saturated heterocycles. The molecule has 0 unspecified atom stereocenters. The third-order valence-corrected chi connectivity index (χ3v) is 4.65. The zero-order valence-corrected chi connectivity index (χ0v) is 15.5. The zero-order valence-electron chi connectivity index (χ0n) is 15.5. The third kappa shape index (κ3) is 2.98. The first kappa shape index (κ1) is 18.1. The van der Waals surface area contributed by atoms with E-state index in [2.05, 4.69) is 0 Å². The normalized spacial score (nSPS) is 19.9. The second kappa shape index (κ2) is 6.56. The molecule has 0 fully saturated rings. The van der Waals surface area contributed by atoms with E-state index in [1.807, 2.05) is 26.0 Å². The molecule has 0 atom stereocenters. The van der Waals surface area contributed by atoms with Crippen LogP contribution in [0.2, 0.25) is 0 Å². The van der Waals surface area contributed by atoms with E-state index in [4.69, 9.17) is 9.47 Å². The van der Waals surface area contributed by atoms with Crippen LogP contribution in [-0.4, -0.2) is 29.7 Å². The largest absolute Gasteiger partial charge is 0.487 e. The van der Waals surface area contributed by atoms with Gasteiger partial charge < -0.3 is 9.47 Å². The van der Waals surface area contributed by atoms with Crippen LogP contribution in [0, 0.1) is 0 Å². The third-order valence-electron chi connectivity index (χ3n) is 4.65. The number of benzene rings is 1. The summed E-state index contributed by atoms with van der Waals surface area (Å²) in [5.74, 6) is -1.02. The highest BCUT2D eigenvalue weighted by Gasteiger charge is 2.40. The Balaban J connectivity index is 2.29. The molecule has 3 rings (SSSR count). The van der Waals surface area contributed by atoms with Gasteiger partial charge in [-0.3, -0.25) is 9.59 Å². The second-order valence-corrected chi connectivity index (χ2v) is 7.07. The Morgan fingerprint density at radius 2 is 1.85 bits per heavy atom. The van der Waals surface area contributed by atoms with Gasteiger partial charge in [-0.1, -0.05) is 24.3 Å². The van der Waals surface area contributed by atoms with Crippen molar-refractivity contribution < 1.29 is 23.9 Å². The highest BCUT2D eigenvalue weighted by Crippen LogP contribution is 2.45. The molecule has 2 aliphatic rings. The average molecular weight is 354 g/mol. The fraction of sp³-hybridized carbons (Fsp3) is 0.381. The molecule has 0 aromatic heterocycles. The lowest BCUT2D eigenvalue weighted by atomic mass is 9.78. The molecule has 0 spiro atoms. The van der Waals surface area contributed by atoms with E-state index in [0.717, 1.165) is 5.56 Å². The summed E-state index contributed by atoms with van der Waals surface area (Å²) in [4.78, 5) is 37.9. The van der Waals surface area contributed by atoms with Crippen molar-refractivity contribution in [3.05, 3.63) is 46.5 Å². The number of hydrogen-bond donors (Lipinski definition) is 0. The first-order chi connectivity index (χ1) is 12.3. The molecule has 1 heterocycles. The van der Waals surface area contributed by atoms with Crippen molar-refractivity contribution in [2.75, 3.05) is 6.61 Å². The second-order valence-electron chi connectivity index (χ2n) is 7.07. The molecule has 0 amide bonds. The summed E-state index contributed by atoms with van der Waals surface area (Å²) in [6, 6.07) is 7.20. The van der Waals surface area contributed by atoms with Gasteiger partial charge in [0.1, 0.15) is 16.9 Å². The highest BCUT2D eigenvalue weighted by molar-refractivity contribution is 6.41. The molecule has 5 heteroatoms. The first-order valence-corrected chi connectivity index (χ1v) is 8.75. The highest BCUT2D eigenvalue weighted by atomic mass is 16.5. The summed E-state index contributed by atoms with van der Waals surface area (Å²) in [6.45, 7) is 7.03. The molecule has 26 heavy (non-hydrogen) atoms. The maximum atomic E-state index is 13.2. The van der Waals surface area contributed by atoms with Gasteiger partial charge in [0.05, 0.1) is 6.61 Å². The van der Waals surface area contributed by atoms with Crippen molar-refractivity contribution in [3.8, 4) is 0 Å². The molecule has 0 radical (unpaired) electrons.